The van der Waals surface area contributed by atoms with Crippen molar-refractivity contribution < 1.29 is 26.4 Å². The van der Waals surface area contributed by atoms with E-state index in [-0.39, 0.29) is 24.4 Å². The average molecular weight is 597 g/mol. The lowest BCUT2D eigenvalue weighted by molar-refractivity contribution is -0.186. The maximum absolute atomic E-state index is 13.3. The number of imidazole rings is 1. The molecule has 3 rings (SSSR count). The number of fused-ring (bicyclic) bond motifs is 1. The number of benzene rings is 1. The Bertz CT molecular complexity index is 1260. The average Bonchev–Trinajstić information content (AvgIpc) is 3.22. The van der Waals surface area contributed by atoms with Crippen LogP contribution in [0.5, 0.6) is 0 Å². The van der Waals surface area contributed by atoms with Crippen LogP contribution in [0.15, 0.2) is 30.6 Å². The van der Waals surface area contributed by atoms with Crippen molar-refractivity contribution in [2.75, 3.05) is 20.6 Å². The number of hydrogen-bond acceptors (Lipinski definition) is 4. The van der Waals surface area contributed by atoms with Gasteiger partial charge in [0.15, 0.2) is 0 Å². The Balaban J connectivity index is 1.92. The molecule has 0 atom stereocenters. The van der Waals surface area contributed by atoms with Gasteiger partial charge in [-0.2, -0.15) is 25.9 Å². The Kier molecular flexibility index (Phi) is 7.15. The number of aromatic nitrogens is 3. The summed E-state index contributed by atoms with van der Waals surface area (Å²) in [5.74, 6) is -2.00. The summed E-state index contributed by atoms with van der Waals surface area (Å²) in [4.78, 5) is 16.8. The number of hydrogen-bond donors (Lipinski definition) is 0. The molecule has 1 aromatic carbocycles. The lowest BCUT2D eigenvalue weighted by atomic mass is 10.2. The van der Waals surface area contributed by atoms with E-state index in [1.165, 1.54) is 21.0 Å². The Morgan fingerprint density at radius 1 is 1.21 bits per heavy atom. The molecule has 0 radical (unpaired) electrons. The normalized spacial score (nSPS) is 12.6. The molecular formula is C20H23F3IN5O3S. The van der Waals surface area contributed by atoms with E-state index in [0.29, 0.717) is 4.90 Å². The quantitative estimate of drug-likeness (QED) is 0.393. The van der Waals surface area contributed by atoms with Crippen LogP contribution in [-0.4, -0.2) is 63.9 Å². The summed E-state index contributed by atoms with van der Waals surface area (Å²) in [6, 6.07) is 7.61. The van der Waals surface area contributed by atoms with Crippen molar-refractivity contribution in [3.63, 3.8) is 0 Å². The zero-order chi connectivity index (χ0) is 24.7. The summed E-state index contributed by atoms with van der Waals surface area (Å²) in [5, 5.41) is 0.979. The highest BCUT2D eigenvalue weighted by Crippen LogP contribution is 2.28. The minimum Gasteiger partial charge on any atom is -0.347 e. The van der Waals surface area contributed by atoms with Crippen LogP contribution in [0.1, 0.15) is 17.1 Å². The highest BCUT2D eigenvalue weighted by Gasteiger charge is 2.42. The summed E-state index contributed by atoms with van der Waals surface area (Å²) in [7, 11) is 0.597. The molecule has 0 N–H and O–H groups in total. The standard InChI is InChI=1S/C20H23F3IN5O3S/c1-13-15(25-12-29(13)33(31,32)26(2)3)11-28(19(30)20(21,22)23)10-9-17-18(24)14-7-5-6-8-16(14)27(17)4/h5-8,12H,9-11H2,1-4H3. The predicted molar refractivity (Wildman–Crippen MR) is 126 cm³/mol. The van der Waals surface area contributed by atoms with Gasteiger partial charge in [-0.25, -0.2) is 8.96 Å². The third kappa shape index (κ3) is 4.89. The molecule has 33 heavy (non-hydrogen) atoms. The van der Waals surface area contributed by atoms with E-state index in [1.807, 2.05) is 35.9 Å². The van der Waals surface area contributed by atoms with Crippen LogP contribution in [0.4, 0.5) is 13.2 Å². The number of para-hydroxylation sites is 1. The second-order valence-electron chi connectivity index (χ2n) is 7.67. The summed E-state index contributed by atoms with van der Waals surface area (Å²) in [5.41, 5.74) is 1.95. The summed E-state index contributed by atoms with van der Waals surface area (Å²) < 4.78 is 69.4. The van der Waals surface area contributed by atoms with E-state index in [1.54, 1.807) is 0 Å². The first-order valence-electron chi connectivity index (χ1n) is 9.80. The van der Waals surface area contributed by atoms with Crippen molar-refractivity contribution in [1.82, 2.24) is 22.7 Å². The number of halogens is 4. The smallest absolute Gasteiger partial charge is 0.347 e. The van der Waals surface area contributed by atoms with Crippen molar-refractivity contribution in [2.45, 2.75) is 26.1 Å². The zero-order valence-electron chi connectivity index (χ0n) is 18.4. The lowest BCUT2D eigenvalue weighted by Gasteiger charge is -2.24. The van der Waals surface area contributed by atoms with Crippen molar-refractivity contribution in [2.24, 2.45) is 7.05 Å². The van der Waals surface area contributed by atoms with E-state index in [2.05, 4.69) is 27.6 Å². The van der Waals surface area contributed by atoms with Crippen molar-refractivity contribution in [1.29, 1.82) is 0 Å². The molecule has 0 aliphatic rings. The number of rotatable bonds is 7. The fourth-order valence-corrected chi connectivity index (χ4v) is 5.58. The topological polar surface area (TPSA) is 80.4 Å². The van der Waals surface area contributed by atoms with Gasteiger partial charge in [0.2, 0.25) is 0 Å². The first-order chi connectivity index (χ1) is 15.3. The SMILES string of the molecule is Cc1c(CN(CCc2c(I)c3ccccc3n2C)C(=O)C(F)(F)F)ncn1S(=O)(=O)N(C)C. The molecule has 0 unspecified atom stereocenters. The molecule has 180 valence electrons. The minimum absolute atomic E-state index is 0.0739. The highest BCUT2D eigenvalue weighted by atomic mass is 127. The largest absolute Gasteiger partial charge is 0.471 e. The Labute approximate surface area is 203 Å². The van der Waals surface area contributed by atoms with Gasteiger partial charge in [0.1, 0.15) is 6.33 Å². The Morgan fingerprint density at radius 2 is 1.85 bits per heavy atom. The molecule has 1 amide bonds. The van der Waals surface area contributed by atoms with Crippen LogP contribution in [-0.2, 0) is 35.0 Å². The molecule has 3 aromatic rings. The van der Waals surface area contributed by atoms with Gasteiger partial charge in [0.05, 0.1) is 17.9 Å². The summed E-state index contributed by atoms with van der Waals surface area (Å²) >= 11 is 2.15. The molecule has 0 aliphatic heterocycles. The molecule has 0 fully saturated rings. The van der Waals surface area contributed by atoms with Gasteiger partial charge in [0.25, 0.3) is 0 Å². The molecule has 0 aliphatic carbocycles. The molecule has 0 spiro atoms. The predicted octanol–water partition coefficient (Wildman–Crippen LogP) is 3.08. The molecular weight excluding hydrogens is 574 g/mol. The van der Waals surface area contributed by atoms with Crippen LogP contribution in [0.25, 0.3) is 10.9 Å². The van der Waals surface area contributed by atoms with Crippen LogP contribution in [0.2, 0.25) is 0 Å². The van der Waals surface area contributed by atoms with E-state index in [9.17, 15) is 26.4 Å². The Morgan fingerprint density at radius 3 is 2.42 bits per heavy atom. The first kappa shape index (κ1) is 25.5. The van der Waals surface area contributed by atoms with Gasteiger partial charge in [-0.3, -0.25) is 4.79 Å². The maximum Gasteiger partial charge on any atom is 0.471 e. The molecule has 0 saturated carbocycles. The minimum atomic E-state index is -5.07. The van der Waals surface area contributed by atoms with E-state index in [4.69, 9.17) is 0 Å². The fourth-order valence-electron chi connectivity index (χ4n) is 3.52. The number of carbonyl (C=O) groups is 1. The lowest BCUT2D eigenvalue weighted by Crippen LogP contribution is -2.42. The van der Waals surface area contributed by atoms with E-state index < -0.39 is 28.8 Å². The third-order valence-electron chi connectivity index (χ3n) is 5.43. The second-order valence-corrected chi connectivity index (χ2v) is 10.8. The van der Waals surface area contributed by atoms with Gasteiger partial charge in [-0.15, -0.1) is 0 Å². The number of alkyl halides is 3. The third-order valence-corrected chi connectivity index (χ3v) is 8.42. The maximum atomic E-state index is 13.3. The van der Waals surface area contributed by atoms with Crippen molar-refractivity contribution in [3.05, 3.63) is 51.2 Å². The van der Waals surface area contributed by atoms with Crippen LogP contribution in [0.3, 0.4) is 0 Å². The summed E-state index contributed by atoms with van der Waals surface area (Å²) in [6.07, 6.45) is -3.86. The highest BCUT2D eigenvalue weighted by molar-refractivity contribution is 14.1. The van der Waals surface area contributed by atoms with Gasteiger partial charge >= 0.3 is 22.3 Å². The van der Waals surface area contributed by atoms with Gasteiger partial charge in [-0.1, -0.05) is 18.2 Å². The van der Waals surface area contributed by atoms with Gasteiger partial charge in [-0.05, 0) is 35.6 Å². The van der Waals surface area contributed by atoms with Crippen LogP contribution >= 0.6 is 22.6 Å². The molecule has 2 heterocycles. The fraction of sp³-hybridized carbons (Fsp3) is 0.400. The molecule has 0 bridgehead atoms. The van der Waals surface area contributed by atoms with Crippen LogP contribution < -0.4 is 0 Å². The van der Waals surface area contributed by atoms with Gasteiger partial charge < -0.3 is 9.47 Å². The number of aryl methyl sites for hydroxylation is 1. The molecule has 0 saturated heterocycles. The summed E-state index contributed by atoms with van der Waals surface area (Å²) in [6.45, 7) is 0.748. The molecule has 13 heteroatoms. The number of nitrogens with zero attached hydrogens (tertiary/aromatic N) is 5. The van der Waals surface area contributed by atoms with E-state index in [0.717, 1.165) is 34.8 Å². The molecule has 2 aromatic heterocycles. The number of amides is 1. The van der Waals surface area contributed by atoms with E-state index >= 15 is 0 Å². The Hall–Kier alpha value is -2.13. The van der Waals surface area contributed by atoms with Crippen molar-refractivity contribution >= 4 is 49.6 Å². The number of carbonyl (C=O) groups excluding carboxylic acids is 1. The molecule has 8 nitrogen and oxygen atoms in total. The monoisotopic (exact) mass is 597 g/mol. The second kappa shape index (κ2) is 9.25. The van der Waals surface area contributed by atoms with Crippen LogP contribution in [0, 0.1) is 10.5 Å². The first-order valence-corrected chi connectivity index (χ1v) is 12.3. The van der Waals surface area contributed by atoms with Gasteiger partial charge in [0, 0.05) is 54.3 Å². The zero-order valence-corrected chi connectivity index (χ0v) is 21.4. The van der Waals surface area contributed by atoms with Crippen molar-refractivity contribution in [3.8, 4) is 0 Å².